The van der Waals surface area contributed by atoms with Gasteiger partial charge in [0.05, 0.1) is 17.9 Å². The third kappa shape index (κ3) is 1.04. The van der Waals surface area contributed by atoms with Crippen molar-refractivity contribution in [1.29, 1.82) is 0 Å². The topological polar surface area (TPSA) is 66.1 Å². The third-order valence-corrected chi connectivity index (χ3v) is 2.82. The monoisotopic (exact) mass is 192 g/mol. The second-order valence-electron chi connectivity index (χ2n) is 3.53. The minimum absolute atomic E-state index is 0.177. The van der Waals surface area contributed by atoms with Crippen molar-refractivity contribution < 1.29 is 14.7 Å². The quantitative estimate of drug-likeness (QED) is 0.635. The summed E-state index contributed by atoms with van der Waals surface area (Å²) in [6.07, 6.45) is 6.96. The molecule has 1 fully saturated rings. The van der Waals surface area contributed by atoms with E-state index in [1.54, 1.807) is 24.3 Å². The van der Waals surface area contributed by atoms with E-state index in [1.807, 2.05) is 0 Å². The number of carbonyl (C=O) groups is 2. The molecular formula is C10H10NO3. The number of hydrogen-bond donors (Lipinski definition) is 1. The number of imide groups is 1. The SMILES string of the molecule is [O]CCC12C=CC=CC1C(=O)NC2=O. The number of carbonyl (C=O) groups excluding carboxylic acids is 2. The molecular weight excluding hydrogens is 182 g/mol. The van der Waals surface area contributed by atoms with Crippen molar-refractivity contribution in [2.75, 3.05) is 6.61 Å². The van der Waals surface area contributed by atoms with E-state index in [0.717, 1.165) is 0 Å². The average molecular weight is 192 g/mol. The predicted molar refractivity (Wildman–Crippen MR) is 47.5 cm³/mol. The lowest BCUT2D eigenvalue weighted by atomic mass is 9.72. The molecule has 1 radical (unpaired) electrons. The maximum atomic E-state index is 11.6. The molecule has 1 aliphatic carbocycles. The Kier molecular flexibility index (Phi) is 2.00. The van der Waals surface area contributed by atoms with Crippen LogP contribution in [0.1, 0.15) is 6.42 Å². The molecule has 0 aromatic heterocycles. The Labute approximate surface area is 81.3 Å². The van der Waals surface area contributed by atoms with Gasteiger partial charge in [-0.2, -0.15) is 0 Å². The van der Waals surface area contributed by atoms with Gasteiger partial charge in [-0.1, -0.05) is 24.3 Å². The van der Waals surface area contributed by atoms with E-state index in [4.69, 9.17) is 0 Å². The van der Waals surface area contributed by atoms with E-state index < -0.39 is 11.3 Å². The smallest absolute Gasteiger partial charge is 0.237 e. The van der Waals surface area contributed by atoms with Gasteiger partial charge >= 0.3 is 0 Å². The van der Waals surface area contributed by atoms with Gasteiger partial charge < -0.3 is 0 Å². The van der Waals surface area contributed by atoms with Crippen LogP contribution >= 0.6 is 0 Å². The van der Waals surface area contributed by atoms with Crippen molar-refractivity contribution in [1.82, 2.24) is 5.32 Å². The van der Waals surface area contributed by atoms with Crippen LogP contribution in [-0.4, -0.2) is 18.4 Å². The van der Waals surface area contributed by atoms with E-state index in [2.05, 4.69) is 5.32 Å². The fourth-order valence-electron chi connectivity index (χ4n) is 2.04. The molecule has 0 saturated carbocycles. The van der Waals surface area contributed by atoms with Crippen LogP contribution in [0.5, 0.6) is 0 Å². The summed E-state index contributed by atoms with van der Waals surface area (Å²) in [6, 6.07) is 0. The number of allylic oxidation sites excluding steroid dienone is 2. The zero-order chi connectivity index (χ0) is 10.2. The molecule has 1 aliphatic heterocycles. The first-order valence-corrected chi connectivity index (χ1v) is 4.50. The fraction of sp³-hybridized carbons (Fsp3) is 0.400. The zero-order valence-electron chi connectivity index (χ0n) is 7.53. The van der Waals surface area contributed by atoms with Gasteiger partial charge in [0, 0.05) is 0 Å². The van der Waals surface area contributed by atoms with Crippen LogP contribution in [0.4, 0.5) is 0 Å². The molecule has 2 amide bonds. The highest BCUT2D eigenvalue weighted by Crippen LogP contribution is 2.41. The first kappa shape index (κ1) is 9.15. The molecule has 4 heteroatoms. The van der Waals surface area contributed by atoms with E-state index in [9.17, 15) is 14.7 Å². The molecule has 0 aromatic rings. The Bertz CT molecular complexity index is 345. The van der Waals surface area contributed by atoms with Gasteiger partial charge in [0.1, 0.15) is 0 Å². The van der Waals surface area contributed by atoms with Gasteiger partial charge in [0.2, 0.25) is 11.8 Å². The van der Waals surface area contributed by atoms with Crippen LogP contribution in [0.25, 0.3) is 0 Å². The van der Waals surface area contributed by atoms with Crippen molar-refractivity contribution in [3.8, 4) is 0 Å². The second kappa shape index (κ2) is 3.06. The average Bonchev–Trinajstić information content (AvgIpc) is 2.41. The molecule has 1 N–H and O–H groups in total. The molecule has 14 heavy (non-hydrogen) atoms. The Morgan fingerprint density at radius 2 is 2.14 bits per heavy atom. The zero-order valence-corrected chi connectivity index (χ0v) is 7.53. The predicted octanol–water partition coefficient (Wildman–Crippen LogP) is 0.192. The van der Waals surface area contributed by atoms with Crippen molar-refractivity contribution >= 4 is 11.8 Å². The van der Waals surface area contributed by atoms with E-state index in [1.165, 1.54) is 0 Å². The first-order chi connectivity index (χ1) is 6.70. The lowest BCUT2D eigenvalue weighted by Gasteiger charge is -2.26. The minimum atomic E-state index is -0.909. The molecule has 73 valence electrons. The largest absolute Gasteiger partial charge is 0.295 e. The third-order valence-electron chi connectivity index (χ3n) is 2.82. The van der Waals surface area contributed by atoms with E-state index in [-0.39, 0.29) is 24.8 Å². The standard InChI is InChI=1S/C10H10NO3/c12-6-5-10-4-2-1-3-7(10)8(13)11-9(10)14/h1-4,7H,5-6H2,(H,11,13,14). The summed E-state index contributed by atoms with van der Waals surface area (Å²) in [4.78, 5) is 23.0. The molecule has 1 saturated heterocycles. The van der Waals surface area contributed by atoms with Crippen LogP contribution in [0, 0.1) is 11.3 Å². The van der Waals surface area contributed by atoms with E-state index in [0.29, 0.717) is 0 Å². The molecule has 0 aromatic carbocycles. The Morgan fingerprint density at radius 1 is 1.36 bits per heavy atom. The van der Waals surface area contributed by atoms with Gasteiger partial charge in [0.25, 0.3) is 0 Å². The van der Waals surface area contributed by atoms with E-state index >= 15 is 0 Å². The number of rotatable bonds is 2. The molecule has 2 unspecified atom stereocenters. The Morgan fingerprint density at radius 3 is 2.86 bits per heavy atom. The summed E-state index contributed by atoms with van der Waals surface area (Å²) < 4.78 is 0. The van der Waals surface area contributed by atoms with Crippen molar-refractivity contribution in [2.24, 2.45) is 11.3 Å². The molecule has 2 atom stereocenters. The summed E-state index contributed by atoms with van der Waals surface area (Å²) in [6.45, 7) is -0.352. The van der Waals surface area contributed by atoms with Crippen molar-refractivity contribution in [2.45, 2.75) is 6.42 Å². The number of nitrogens with one attached hydrogen (secondary N) is 1. The molecule has 0 spiro atoms. The lowest BCUT2D eigenvalue weighted by molar-refractivity contribution is -0.127. The van der Waals surface area contributed by atoms with Crippen LogP contribution in [0.15, 0.2) is 24.3 Å². The molecule has 2 aliphatic rings. The Hall–Kier alpha value is -1.42. The van der Waals surface area contributed by atoms with Crippen LogP contribution in [0.3, 0.4) is 0 Å². The highest BCUT2D eigenvalue weighted by Gasteiger charge is 2.52. The number of fused-ring (bicyclic) bond motifs is 1. The number of hydrogen-bond acceptors (Lipinski definition) is 2. The molecule has 4 nitrogen and oxygen atoms in total. The van der Waals surface area contributed by atoms with Crippen LogP contribution < -0.4 is 5.32 Å². The summed E-state index contributed by atoms with van der Waals surface area (Å²) in [5, 5.41) is 12.9. The van der Waals surface area contributed by atoms with Gasteiger partial charge in [-0.3, -0.25) is 14.9 Å². The lowest BCUT2D eigenvalue weighted by Crippen LogP contribution is -2.34. The Balaban J connectivity index is 2.42. The summed E-state index contributed by atoms with van der Waals surface area (Å²) in [7, 11) is 0. The molecule has 2 rings (SSSR count). The van der Waals surface area contributed by atoms with Crippen molar-refractivity contribution in [3.05, 3.63) is 24.3 Å². The van der Waals surface area contributed by atoms with Gasteiger partial charge in [-0.15, -0.1) is 0 Å². The second-order valence-corrected chi connectivity index (χ2v) is 3.53. The molecule has 0 bridgehead atoms. The summed E-state index contributed by atoms with van der Waals surface area (Å²) >= 11 is 0. The van der Waals surface area contributed by atoms with Crippen LogP contribution in [-0.2, 0) is 14.7 Å². The molecule has 1 heterocycles. The van der Waals surface area contributed by atoms with Gasteiger partial charge in [-0.05, 0) is 6.42 Å². The van der Waals surface area contributed by atoms with Crippen LogP contribution in [0.2, 0.25) is 0 Å². The summed E-state index contributed by atoms with van der Waals surface area (Å²) in [5.41, 5.74) is -0.909. The highest BCUT2D eigenvalue weighted by atomic mass is 16.3. The van der Waals surface area contributed by atoms with Crippen molar-refractivity contribution in [3.63, 3.8) is 0 Å². The first-order valence-electron chi connectivity index (χ1n) is 4.50. The van der Waals surface area contributed by atoms with Gasteiger partial charge in [-0.25, -0.2) is 5.11 Å². The maximum Gasteiger partial charge on any atom is 0.237 e. The minimum Gasteiger partial charge on any atom is -0.295 e. The highest BCUT2D eigenvalue weighted by molar-refractivity contribution is 6.09. The normalized spacial score (nSPS) is 34.5. The number of amides is 2. The maximum absolute atomic E-state index is 11.6. The fourth-order valence-corrected chi connectivity index (χ4v) is 2.04. The summed E-state index contributed by atoms with van der Waals surface area (Å²) in [5.74, 6) is -1.14. The van der Waals surface area contributed by atoms with Gasteiger partial charge in [0.15, 0.2) is 0 Å².